The maximum absolute atomic E-state index is 13.5. The van der Waals surface area contributed by atoms with Gasteiger partial charge in [-0.25, -0.2) is 4.98 Å². The van der Waals surface area contributed by atoms with Crippen LogP contribution in [0.25, 0.3) is 0 Å². The molecule has 0 saturated heterocycles. The van der Waals surface area contributed by atoms with Crippen LogP contribution < -0.4 is 14.4 Å². The number of nitrogens with zero attached hydrogens (tertiary/aromatic N) is 3. The van der Waals surface area contributed by atoms with Crippen molar-refractivity contribution in [3.63, 3.8) is 0 Å². The quantitative estimate of drug-likeness (QED) is 0.368. The van der Waals surface area contributed by atoms with Crippen molar-refractivity contribution in [2.24, 2.45) is 0 Å². The Labute approximate surface area is 176 Å². The first-order valence-electron chi connectivity index (χ1n) is 10.4. The van der Waals surface area contributed by atoms with Crippen LogP contribution >= 0.6 is 0 Å². The number of halogens is 3. The fourth-order valence-electron chi connectivity index (χ4n) is 2.81. The Hall–Kier alpha value is -2.51. The van der Waals surface area contributed by atoms with Crippen molar-refractivity contribution in [2.75, 3.05) is 25.2 Å². The highest BCUT2D eigenvalue weighted by atomic mass is 19.4. The third-order valence-corrected chi connectivity index (χ3v) is 4.57. The Morgan fingerprint density at radius 1 is 0.967 bits per heavy atom. The largest absolute Gasteiger partial charge is 0.494 e. The molecule has 0 unspecified atom stereocenters. The van der Waals surface area contributed by atoms with E-state index in [0.717, 1.165) is 44.7 Å². The first-order chi connectivity index (χ1) is 14.4. The SMILES string of the molecule is CCCCCCOc1cccc(N(C)c2nc(OCCCC)ncc2C(F)(F)F)c1. The fraction of sp³-hybridized carbons (Fsp3) is 0.545. The minimum absolute atomic E-state index is 0.0679. The van der Waals surface area contributed by atoms with Crippen molar-refractivity contribution in [2.45, 2.75) is 58.5 Å². The molecule has 0 radical (unpaired) electrons. The highest BCUT2D eigenvalue weighted by Crippen LogP contribution is 2.38. The molecule has 0 N–H and O–H groups in total. The van der Waals surface area contributed by atoms with Gasteiger partial charge >= 0.3 is 12.2 Å². The maximum Gasteiger partial charge on any atom is 0.421 e. The summed E-state index contributed by atoms with van der Waals surface area (Å²) in [5.74, 6) is 0.349. The Balaban J connectivity index is 2.22. The number of benzene rings is 1. The normalized spacial score (nSPS) is 11.4. The zero-order valence-corrected chi connectivity index (χ0v) is 17.8. The average Bonchev–Trinajstić information content (AvgIpc) is 2.72. The maximum atomic E-state index is 13.5. The summed E-state index contributed by atoms with van der Waals surface area (Å²) in [6.07, 6.45) is 2.19. The molecule has 0 fully saturated rings. The second kappa shape index (κ2) is 11.6. The summed E-state index contributed by atoms with van der Waals surface area (Å²) in [7, 11) is 1.54. The Kier molecular flexibility index (Phi) is 9.20. The predicted molar refractivity (Wildman–Crippen MR) is 112 cm³/mol. The van der Waals surface area contributed by atoms with Crippen molar-refractivity contribution in [1.29, 1.82) is 0 Å². The van der Waals surface area contributed by atoms with Crippen molar-refractivity contribution < 1.29 is 22.6 Å². The van der Waals surface area contributed by atoms with Gasteiger partial charge in [0.25, 0.3) is 0 Å². The van der Waals surface area contributed by atoms with E-state index >= 15 is 0 Å². The monoisotopic (exact) mass is 425 g/mol. The van der Waals surface area contributed by atoms with Gasteiger partial charge in [0.1, 0.15) is 11.3 Å². The summed E-state index contributed by atoms with van der Waals surface area (Å²) in [4.78, 5) is 9.15. The summed E-state index contributed by atoms with van der Waals surface area (Å²) in [6.45, 7) is 5.06. The molecule has 1 heterocycles. The molecular weight excluding hydrogens is 395 g/mol. The van der Waals surface area contributed by atoms with E-state index in [9.17, 15) is 13.2 Å². The minimum Gasteiger partial charge on any atom is -0.494 e. The molecule has 5 nitrogen and oxygen atoms in total. The number of anilines is 2. The molecule has 30 heavy (non-hydrogen) atoms. The van der Waals surface area contributed by atoms with Gasteiger partial charge in [-0.15, -0.1) is 0 Å². The molecule has 1 aromatic heterocycles. The van der Waals surface area contributed by atoms with Gasteiger partial charge in [0.2, 0.25) is 0 Å². The van der Waals surface area contributed by atoms with Crippen LogP contribution in [0.3, 0.4) is 0 Å². The number of hydrogen-bond acceptors (Lipinski definition) is 5. The third kappa shape index (κ3) is 7.07. The van der Waals surface area contributed by atoms with Crippen molar-refractivity contribution in [1.82, 2.24) is 9.97 Å². The van der Waals surface area contributed by atoms with Crippen LogP contribution in [-0.2, 0) is 6.18 Å². The number of hydrogen-bond donors (Lipinski definition) is 0. The lowest BCUT2D eigenvalue weighted by atomic mass is 10.2. The van der Waals surface area contributed by atoms with Gasteiger partial charge in [0.15, 0.2) is 5.82 Å². The average molecular weight is 425 g/mol. The van der Waals surface area contributed by atoms with E-state index < -0.39 is 11.7 Å². The molecule has 8 heteroatoms. The molecule has 2 rings (SSSR count). The topological polar surface area (TPSA) is 47.5 Å². The minimum atomic E-state index is -4.58. The molecule has 2 aromatic rings. The Morgan fingerprint density at radius 3 is 2.40 bits per heavy atom. The summed E-state index contributed by atoms with van der Waals surface area (Å²) in [5, 5.41) is 0. The molecule has 0 amide bonds. The summed E-state index contributed by atoms with van der Waals surface area (Å²) < 4.78 is 51.8. The zero-order chi connectivity index (χ0) is 22.0. The van der Waals surface area contributed by atoms with E-state index in [4.69, 9.17) is 9.47 Å². The van der Waals surface area contributed by atoms with Crippen LogP contribution in [0.1, 0.15) is 57.9 Å². The summed E-state index contributed by atoms with van der Waals surface area (Å²) in [5.41, 5.74) is -0.386. The van der Waals surface area contributed by atoms with Gasteiger partial charge in [-0.05, 0) is 25.0 Å². The second-order valence-electron chi connectivity index (χ2n) is 7.06. The molecule has 0 saturated carbocycles. The number of rotatable bonds is 12. The highest BCUT2D eigenvalue weighted by molar-refractivity contribution is 5.64. The summed E-state index contributed by atoms with van der Waals surface area (Å²) >= 11 is 0. The fourth-order valence-corrected chi connectivity index (χ4v) is 2.81. The van der Waals surface area contributed by atoms with Gasteiger partial charge in [-0.2, -0.15) is 18.2 Å². The molecule has 0 atom stereocenters. The van der Waals surface area contributed by atoms with Gasteiger partial charge < -0.3 is 14.4 Å². The first kappa shape index (κ1) is 23.8. The van der Waals surface area contributed by atoms with Crippen LogP contribution in [0.15, 0.2) is 30.5 Å². The molecule has 0 bridgehead atoms. The van der Waals surface area contributed by atoms with E-state index in [1.54, 1.807) is 24.3 Å². The summed E-state index contributed by atoms with van der Waals surface area (Å²) in [6, 6.07) is 6.90. The third-order valence-electron chi connectivity index (χ3n) is 4.57. The number of unbranched alkanes of at least 4 members (excludes halogenated alkanes) is 4. The smallest absolute Gasteiger partial charge is 0.421 e. The van der Waals surface area contributed by atoms with Gasteiger partial charge in [-0.3, -0.25) is 0 Å². The second-order valence-corrected chi connectivity index (χ2v) is 7.06. The molecule has 0 spiro atoms. The standard InChI is InChI=1S/C22H30F3N3O2/c1-4-6-8-9-14-29-18-12-10-11-17(15-18)28(3)20-19(22(23,24)25)16-26-21(27-20)30-13-7-5-2/h10-12,15-16H,4-9,13-14H2,1-3H3. The van der Waals surface area contributed by atoms with Crippen LogP contribution in [0.2, 0.25) is 0 Å². The van der Waals surface area contributed by atoms with Crippen molar-refractivity contribution >= 4 is 11.5 Å². The van der Waals surface area contributed by atoms with E-state index in [1.165, 1.54) is 11.9 Å². The van der Waals surface area contributed by atoms with E-state index in [1.807, 2.05) is 6.92 Å². The Bertz CT molecular complexity index is 784. The predicted octanol–water partition coefficient (Wildman–Crippen LogP) is 6.40. The van der Waals surface area contributed by atoms with Crippen LogP contribution in [-0.4, -0.2) is 30.2 Å². The number of aromatic nitrogens is 2. The molecule has 0 aliphatic carbocycles. The lowest BCUT2D eigenvalue weighted by Crippen LogP contribution is -2.19. The Morgan fingerprint density at radius 2 is 1.70 bits per heavy atom. The van der Waals surface area contributed by atoms with Crippen molar-refractivity contribution in [3.05, 3.63) is 36.0 Å². The van der Waals surface area contributed by atoms with Crippen LogP contribution in [0.5, 0.6) is 11.8 Å². The number of alkyl halides is 3. The molecule has 0 aliphatic heterocycles. The van der Waals surface area contributed by atoms with Crippen LogP contribution in [0.4, 0.5) is 24.7 Å². The molecule has 0 aliphatic rings. The van der Waals surface area contributed by atoms with Gasteiger partial charge in [-0.1, -0.05) is 45.6 Å². The lowest BCUT2D eigenvalue weighted by molar-refractivity contribution is -0.137. The van der Waals surface area contributed by atoms with E-state index in [0.29, 0.717) is 24.7 Å². The molecule has 1 aromatic carbocycles. The van der Waals surface area contributed by atoms with E-state index in [2.05, 4.69) is 16.9 Å². The zero-order valence-electron chi connectivity index (χ0n) is 17.8. The van der Waals surface area contributed by atoms with Crippen LogP contribution in [0, 0.1) is 0 Å². The first-order valence-corrected chi connectivity index (χ1v) is 10.4. The van der Waals surface area contributed by atoms with Crippen molar-refractivity contribution in [3.8, 4) is 11.8 Å². The van der Waals surface area contributed by atoms with Gasteiger partial charge in [0, 0.05) is 25.0 Å². The van der Waals surface area contributed by atoms with E-state index in [-0.39, 0.29) is 11.8 Å². The highest BCUT2D eigenvalue weighted by Gasteiger charge is 2.36. The lowest BCUT2D eigenvalue weighted by Gasteiger charge is -2.23. The molecular formula is C22H30F3N3O2. The number of ether oxygens (including phenoxy) is 2. The molecule has 166 valence electrons. The van der Waals surface area contributed by atoms with Gasteiger partial charge in [0.05, 0.1) is 13.2 Å².